The van der Waals surface area contributed by atoms with Crippen LogP contribution in [0, 0.1) is 5.82 Å². The van der Waals surface area contributed by atoms with Gasteiger partial charge in [0.25, 0.3) is 0 Å². The van der Waals surface area contributed by atoms with Crippen molar-refractivity contribution >= 4 is 27.6 Å². The molecule has 0 bridgehead atoms. The number of nitrogen functional groups attached to an aromatic ring is 1. The molecule has 0 amide bonds. The molecule has 21 heavy (non-hydrogen) atoms. The number of aromatic nitrogens is 2. The number of anilines is 1. The van der Waals surface area contributed by atoms with E-state index < -0.39 is 11.8 Å². The fourth-order valence-corrected chi connectivity index (χ4v) is 2.62. The van der Waals surface area contributed by atoms with Gasteiger partial charge in [0.15, 0.2) is 0 Å². The van der Waals surface area contributed by atoms with Gasteiger partial charge in [-0.1, -0.05) is 6.92 Å². The molecule has 0 spiro atoms. The summed E-state index contributed by atoms with van der Waals surface area (Å²) >= 11 is 3.43. The Kier molecular flexibility index (Phi) is 4.62. The van der Waals surface area contributed by atoms with E-state index in [1.807, 2.05) is 6.92 Å². The number of hydrogen-bond acceptors (Lipinski definition) is 4. The molecule has 2 aromatic rings. The van der Waals surface area contributed by atoms with E-state index in [0.717, 1.165) is 22.7 Å². The van der Waals surface area contributed by atoms with Crippen molar-refractivity contribution in [3.8, 4) is 0 Å². The van der Waals surface area contributed by atoms with Gasteiger partial charge in [0.1, 0.15) is 12.4 Å². The standard InChI is InChI=1S/C14H15BrFN3O2/c1-3-11-13(15)12(19(2)18-11)7-21-14(20)9-6-8(17)4-5-10(9)16/h4-6H,3,7,17H2,1-2H3. The molecule has 2 rings (SSSR count). The predicted molar refractivity (Wildman–Crippen MR) is 80.2 cm³/mol. The Morgan fingerprint density at radius 1 is 1.52 bits per heavy atom. The minimum Gasteiger partial charge on any atom is -0.455 e. The smallest absolute Gasteiger partial charge is 0.341 e. The van der Waals surface area contributed by atoms with Gasteiger partial charge < -0.3 is 10.5 Å². The Labute approximate surface area is 130 Å². The van der Waals surface area contributed by atoms with Gasteiger partial charge in [-0.15, -0.1) is 0 Å². The molecular weight excluding hydrogens is 341 g/mol. The van der Waals surface area contributed by atoms with Gasteiger partial charge in [0, 0.05) is 12.7 Å². The average Bonchev–Trinajstić information content (AvgIpc) is 2.73. The Bertz CT molecular complexity index is 685. The van der Waals surface area contributed by atoms with Crippen LogP contribution in [-0.2, 0) is 24.8 Å². The first-order chi connectivity index (χ1) is 9.93. The van der Waals surface area contributed by atoms with Crippen molar-refractivity contribution in [3.63, 3.8) is 0 Å². The number of nitrogens with two attached hydrogens (primary N) is 1. The lowest BCUT2D eigenvalue weighted by atomic mass is 10.2. The first-order valence-electron chi connectivity index (χ1n) is 6.36. The van der Waals surface area contributed by atoms with E-state index in [1.54, 1.807) is 11.7 Å². The predicted octanol–water partition coefficient (Wildman–Crippen LogP) is 2.82. The molecule has 0 saturated heterocycles. The van der Waals surface area contributed by atoms with Crippen LogP contribution in [0.5, 0.6) is 0 Å². The molecule has 0 aliphatic carbocycles. The molecule has 0 unspecified atom stereocenters. The first-order valence-corrected chi connectivity index (χ1v) is 7.15. The van der Waals surface area contributed by atoms with Crippen LogP contribution in [0.3, 0.4) is 0 Å². The lowest BCUT2D eigenvalue weighted by Crippen LogP contribution is -2.10. The number of carbonyl (C=O) groups excluding carboxylic acids is 1. The molecule has 2 N–H and O–H groups in total. The van der Waals surface area contributed by atoms with Gasteiger partial charge in [-0.2, -0.15) is 5.10 Å². The van der Waals surface area contributed by atoms with Crippen molar-refractivity contribution in [1.82, 2.24) is 9.78 Å². The van der Waals surface area contributed by atoms with Crippen LogP contribution in [0.4, 0.5) is 10.1 Å². The molecule has 0 radical (unpaired) electrons. The highest BCUT2D eigenvalue weighted by Crippen LogP contribution is 2.23. The largest absolute Gasteiger partial charge is 0.455 e. The number of halogens is 2. The zero-order valence-electron chi connectivity index (χ0n) is 11.7. The molecule has 1 aromatic carbocycles. The van der Waals surface area contributed by atoms with E-state index in [2.05, 4.69) is 21.0 Å². The summed E-state index contributed by atoms with van der Waals surface area (Å²) in [5.41, 5.74) is 7.26. The van der Waals surface area contributed by atoms with Crippen LogP contribution in [0.2, 0.25) is 0 Å². The summed E-state index contributed by atoms with van der Waals surface area (Å²) in [6.07, 6.45) is 0.756. The molecule has 0 atom stereocenters. The average molecular weight is 356 g/mol. The topological polar surface area (TPSA) is 70.1 Å². The maximum Gasteiger partial charge on any atom is 0.341 e. The quantitative estimate of drug-likeness (QED) is 0.676. The van der Waals surface area contributed by atoms with Gasteiger partial charge in [0.2, 0.25) is 0 Å². The van der Waals surface area contributed by atoms with E-state index in [4.69, 9.17) is 10.5 Å². The number of aryl methyl sites for hydroxylation is 2. The Balaban J connectivity index is 2.15. The fourth-order valence-electron chi connectivity index (χ4n) is 1.89. The van der Waals surface area contributed by atoms with Crippen molar-refractivity contribution in [2.45, 2.75) is 20.0 Å². The number of carbonyl (C=O) groups is 1. The number of nitrogens with zero attached hydrogens (tertiary/aromatic N) is 2. The summed E-state index contributed by atoms with van der Waals surface area (Å²) in [5.74, 6) is -1.42. The monoisotopic (exact) mass is 355 g/mol. The Hall–Kier alpha value is -1.89. The summed E-state index contributed by atoms with van der Waals surface area (Å²) in [7, 11) is 1.76. The number of hydrogen-bond donors (Lipinski definition) is 1. The highest BCUT2D eigenvalue weighted by Gasteiger charge is 2.17. The van der Waals surface area contributed by atoms with Crippen molar-refractivity contribution in [2.75, 3.05) is 5.73 Å². The first kappa shape index (κ1) is 15.5. The number of benzene rings is 1. The maximum absolute atomic E-state index is 13.6. The van der Waals surface area contributed by atoms with Crippen LogP contribution >= 0.6 is 15.9 Å². The molecule has 0 saturated carbocycles. The molecule has 0 aliphatic rings. The molecule has 5 nitrogen and oxygen atoms in total. The van der Waals surface area contributed by atoms with Crippen molar-refractivity contribution in [1.29, 1.82) is 0 Å². The third-order valence-corrected chi connectivity index (χ3v) is 3.97. The summed E-state index contributed by atoms with van der Waals surface area (Å²) in [6, 6.07) is 3.78. The van der Waals surface area contributed by atoms with E-state index in [-0.39, 0.29) is 12.2 Å². The molecule has 7 heteroatoms. The van der Waals surface area contributed by atoms with Crippen LogP contribution in [-0.4, -0.2) is 15.7 Å². The third kappa shape index (κ3) is 3.24. The Morgan fingerprint density at radius 3 is 2.86 bits per heavy atom. The normalized spacial score (nSPS) is 10.7. The van der Waals surface area contributed by atoms with E-state index in [0.29, 0.717) is 11.4 Å². The van der Waals surface area contributed by atoms with Gasteiger partial charge in [0.05, 0.1) is 21.4 Å². The molecule has 1 aromatic heterocycles. The van der Waals surface area contributed by atoms with Gasteiger partial charge >= 0.3 is 5.97 Å². The molecule has 0 aliphatic heterocycles. The van der Waals surface area contributed by atoms with Crippen molar-refractivity contribution in [2.24, 2.45) is 7.05 Å². The van der Waals surface area contributed by atoms with E-state index in [1.165, 1.54) is 12.1 Å². The summed E-state index contributed by atoms with van der Waals surface area (Å²) < 4.78 is 21.2. The van der Waals surface area contributed by atoms with Crippen LogP contribution in [0.25, 0.3) is 0 Å². The maximum atomic E-state index is 13.6. The van der Waals surface area contributed by atoms with Gasteiger partial charge in [-0.05, 0) is 40.5 Å². The third-order valence-electron chi connectivity index (χ3n) is 3.05. The lowest BCUT2D eigenvalue weighted by molar-refractivity contribution is 0.0457. The molecule has 0 fully saturated rings. The molecule has 1 heterocycles. The number of esters is 1. The minimum atomic E-state index is -0.758. The number of ether oxygens (including phenoxy) is 1. The minimum absolute atomic E-state index is 0.00282. The van der Waals surface area contributed by atoms with E-state index in [9.17, 15) is 9.18 Å². The van der Waals surface area contributed by atoms with Crippen LogP contribution in [0.15, 0.2) is 22.7 Å². The summed E-state index contributed by atoms with van der Waals surface area (Å²) in [5, 5.41) is 4.30. The zero-order chi connectivity index (χ0) is 15.6. The zero-order valence-corrected chi connectivity index (χ0v) is 13.3. The highest BCUT2D eigenvalue weighted by molar-refractivity contribution is 9.10. The summed E-state index contributed by atoms with van der Waals surface area (Å²) in [6.45, 7) is 1.97. The van der Waals surface area contributed by atoms with E-state index >= 15 is 0 Å². The summed E-state index contributed by atoms with van der Waals surface area (Å²) in [4.78, 5) is 11.9. The second kappa shape index (κ2) is 6.26. The highest BCUT2D eigenvalue weighted by atomic mass is 79.9. The second-order valence-electron chi connectivity index (χ2n) is 4.50. The van der Waals surface area contributed by atoms with Gasteiger partial charge in [-0.3, -0.25) is 4.68 Å². The molecular formula is C14H15BrFN3O2. The fraction of sp³-hybridized carbons (Fsp3) is 0.286. The SMILES string of the molecule is CCc1nn(C)c(COC(=O)c2cc(N)ccc2F)c1Br. The Morgan fingerprint density at radius 2 is 2.24 bits per heavy atom. The molecule has 112 valence electrons. The van der Waals surface area contributed by atoms with Crippen molar-refractivity contribution < 1.29 is 13.9 Å². The van der Waals surface area contributed by atoms with Gasteiger partial charge in [-0.25, -0.2) is 9.18 Å². The second-order valence-corrected chi connectivity index (χ2v) is 5.29. The lowest BCUT2D eigenvalue weighted by Gasteiger charge is -2.07. The van der Waals surface area contributed by atoms with Crippen molar-refractivity contribution in [3.05, 3.63) is 45.4 Å². The number of rotatable bonds is 4. The van der Waals surface area contributed by atoms with Crippen LogP contribution in [0.1, 0.15) is 28.7 Å². The van der Waals surface area contributed by atoms with Crippen LogP contribution < -0.4 is 5.73 Å².